The molecular formula is C20H29N3O5S. The van der Waals surface area contributed by atoms with Crippen LogP contribution in [0.25, 0.3) is 0 Å². The Hall–Kier alpha value is -1.84. The molecule has 8 nitrogen and oxygen atoms in total. The van der Waals surface area contributed by atoms with Crippen molar-refractivity contribution in [1.82, 2.24) is 15.2 Å². The molecule has 1 N–H and O–H groups in total. The summed E-state index contributed by atoms with van der Waals surface area (Å²) < 4.78 is 17.2. The molecule has 9 heteroatoms. The first-order valence-corrected chi connectivity index (χ1v) is 11.1. The van der Waals surface area contributed by atoms with E-state index in [0.717, 1.165) is 0 Å². The topological polar surface area (TPSA) is 90.0 Å². The van der Waals surface area contributed by atoms with Crippen molar-refractivity contribution in [2.75, 3.05) is 32.7 Å². The van der Waals surface area contributed by atoms with E-state index in [1.165, 1.54) is 16.7 Å². The maximum atomic E-state index is 13.5. The first-order chi connectivity index (χ1) is 13.8. The van der Waals surface area contributed by atoms with E-state index in [4.69, 9.17) is 19.2 Å². The Kier molecular flexibility index (Phi) is 6.12. The molecule has 0 radical (unpaired) electrons. The summed E-state index contributed by atoms with van der Waals surface area (Å²) in [5.41, 5.74) is -0.298. The van der Waals surface area contributed by atoms with Gasteiger partial charge in [-0.15, -0.1) is 11.8 Å². The molecule has 2 aliphatic heterocycles. The number of nitrogens with one attached hydrogen (secondary N) is 1. The van der Waals surface area contributed by atoms with Crippen LogP contribution in [0, 0.1) is 5.92 Å². The molecule has 2 amide bonds. The average molecular weight is 424 g/mol. The zero-order chi connectivity index (χ0) is 21.4. The number of hydrogen-bond acceptors (Lipinski definition) is 7. The minimum Gasteiger partial charge on any atom is -0.491 e. The van der Waals surface area contributed by atoms with Gasteiger partial charge in [0.15, 0.2) is 5.75 Å². The van der Waals surface area contributed by atoms with Crippen LogP contribution < -0.4 is 10.1 Å². The molecule has 0 spiro atoms. The van der Waals surface area contributed by atoms with Crippen molar-refractivity contribution in [2.24, 2.45) is 5.92 Å². The first kappa shape index (κ1) is 21.9. The van der Waals surface area contributed by atoms with Crippen LogP contribution in [0.15, 0.2) is 11.1 Å². The van der Waals surface area contributed by atoms with Crippen LogP contribution in [0.3, 0.4) is 0 Å². The number of hydrogen-bond donors (Lipinski definition) is 1. The molecular weight excluding hydrogens is 394 g/mol. The van der Waals surface area contributed by atoms with Gasteiger partial charge < -0.3 is 19.5 Å². The van der Waals surface area contributed by atoms with E-state index in [-0.39, 0.29) is 24.3 Å². The standard InChI is InChI=1S/C20H29N3O5S/c1-7-26-9-10-28-20-15-13(11-14(27-8-2)16(21-15)29-6)17(24)23(20)19(5,12(3)4)18(25)22-20/h11-12H,7-10H2,1-6H3,(H,22,25). The number of aromatic nitrogens is 1. The molecule has 1 saturated heterocycles. The van der Waals surface area contributed by atoms with Crippen molar-refractivity contribution >= 4 is 23.6 Å². The predicted octanol–water partition coefficient (Wildman–Crippen LogP) is 2.37. The van der Waals surface area contributed by atoms with E-state index >= 15 is 0 Å². The second-order valence-electron chi connectivity index (χ2n) is 7.41. The third-order valence-corrected chi connectivity index (χ3v) is 6.27. The number of ether oxygens (including phenoxy) is 3. The van der Waals surface area contributed by atoms with Crippen molar-refractivity contribution in [1.29, 1.82) is 0 Å². The fraction of sp³-hybridized carbons (Fsp3) is 0.650. The zero-order valence-corrected chi connectivity index (χ0v) is 18.6. The average Bonchev–Trinajstić information content (AvgIpc) is 3.06. The van der Waals surface area contributed by atoms with Crippen molar-refractivity contribution in [2.45, 2.75) is 51.0 Å². The van der Waals surface area contributed by atoms with Crippen LogP contribution in [0.2, 0.25) is 0 Å². The molecule has 0 aromatic carbocycles. The van der Waals surface area contributed by atoms with Gasteiger partial charge in [-0.3, -0.25) is 14.5 Å². The van der Waals surface area contributed by atoms with Crippen LogP contribution in [0.4, 0.5) is 0 Å². The highest BCUT2D eigenvalue weighted by atomic mass is 32.2. The number of pyridine rings is 1. The summed E-state index contributed by atoms with van der Waals surface area (Å²) in [5.74, 6) is -1.59. The summed E-state index contributed by atoms with van der Waals surface area (Å²) >= 11 is 1.42. The molecule has 3 heterocycles. The zero-order valence-electron chi connectivity index (χ0n) is 17.8. The summed E-state index contributed by atoms with van der Waals surface area (Å²) in [5, 5.41) is 3.58. The fourth-order valence-corrected chi connectivity index (χ4v) is 4.29. The maximum Gasteiger partial charge on any atom is 0.271 e. The first-order valence-electron chi connectivity index (χ1n) is 9.89. The summed E-state index contributed by atoms with van der Waals surface area (Å²) in [7, 11) is 0. The summed E-state index contributed by atoms with van der Waals surface area (Å²) in [6.07, 6.45) is 1.89. The molecule has 3 rings (SSSR count). The fourth-order valence-electron chi connectivity index (χ4n) is 3.79. The Labute approximate surface area is 175 Å². The third-order valence-electron chi connectivity index (χ3n) is 5.59. The van der Waals surface area contributed by atoms with Crippen LogP contribution in [0.5, 0.6) is 5.75 Å². The number of nitrogens with zero attached hydrogens (tertiary/aromatic N) is 2. The van der Waals surface area contributed by atoms with Crippen molar-refractivity contribution in [3.63, 3.8) is 0 Å². The second kappa shape index (κ2) is 8.12. The van der Waals surface area contributed by atoms with Gasteiger partial charge in [-0.2, -0.15) is 0 Å². The lowest BCUT2D eigenvalue weighted by molar-refractivity contribution is -0.165. The number of thioether (sulfide) groups is 1. The van der Waals surface area contributed by atoms with Crippen LogP contribution >= 0.6 is 11.8 Å². The van der Waals surface area contributed by atoms with Gasteiger partial charge in [-0.05, 0) is 39.0 Å². The highest BCUT2D eigenvalue weighted by Crippen LogP contribution is 2.50. The molecule has 2 aliphatic rings. The third kappa shape index (κ3) is 3.19. The van der Waals surface area contributed by atoms with Crippen molar-refractivity contribution in [3.05, 3.63) is 17.3 Å². The Balaban J connectivity index is 2.16. The van der Waals surface area contributed by atoms with Gasteiger partial charge in [0.25, 0.3) is 11.8 Å². The summed E-state index contributed by atoms with van der Waals surface area (Å²) in [6, 6.07) is 1.71. The lowest BCUT2D eigenvalue weighted by atomic mass is 9.87. The normalized spacial score (nSPS) is 25.4. The van der Waals surface area contributed by atoms with E-state index in [2.05, 4.69) is 5.32 Å². The monoisotopic (exact) mass is 423 g/mol. The molecule has 160 valence electrons. The minimum atomic E-state index is -1.45. The molecule has 1 aromatic rings. The van der Waals surface area contributed by atoms with Gasteiger partial charge in [-0.1, -0.05) is 13.8 Å². The maximum absolute atomic E-state index is 13.5. The highest BCUT2D eigenvalue weighted by molar-refractivity contribution is 7.98. The number of carbonyl (C=O) groups excluding carboxylic acids is 2. The molecule has 0 saturated carbocycles. The van der Waals surface area contributed by atoms with E-state index in [9.17, 15) is 9.59 Å². The van der Waals surface area contributed by atoms with E-state index in [1.54, 1.807) is 13.0 Å². The number of carbonyl (C=O) groups is 2. The number of fused-ring (bicyclic) bond motifs is 3. The second-order valence-corrected chi connectivity index (χ2v) is 8.21. The number of amides is 2. The van der Waals surface area contributed by atoms with E-state index in [0.29, 0.717) is 41.9 Å². The van der Waals surface area contributed by atoms with E-state index < -0.39 is 11.4 Å². The summed E-state index contributed by atoms with van der Waals surface area (Å²) in [4.78, 5) is 32.8. The van der Waals surface area contributed by atoms with Crippen molar-refractivity contribution < 1.29 is 23.8 Å². The van der Waals surface area contributed by atoms with Gasteiger partial charge in [0.2, 0.25) is 5.91 Å². The molecule has 1 aromatic heterocycles. The van der Waals surface area contributed by atoms with Gasteiger partial charge >= 0.3 is 0 Å². The summed E-state index contributed by atoms with van der Waals surface area (Å²) in [6.45, 7) is 10.9. The molecule has 2 unspecified atom stereocenters. The highest BCUT2D eigenvalue weighted by Gasteiger charge is 2.68. The quantitative estimate of drug-likeness (QED) is 0.482. The Morgan fingerprint density at radius 2 is 1.97 bits per heavy atom. The van der Waals surface area contributed by atoms with Gasteiger partial charge in [-0.25, -0.2) is 4.98 Å². The van der Waals surface area contributed by atoms with Crippen LogP contribution in [-0.2, 0) is 20.1 Å². The van der Waals surface area contributed by atoms with Crippen LogP contribution in [0.1, 0.15) is 50.7 Å². The molecule has 1 fully saturated rings. The number of rotatable bonds is 9. The Morgan fingerprint density at radius 1 is 1.24 bits per heavy atom. The predicted molar refractivity (Wildman–Crippen MR) is 109 cm³/mol. The molecule has 2 atom stereocenters. The SMILES string of the molecule is CCOCCOC12NC(=O)C(C)(C(C)C)N1C(=O)c1cc(OCC)c(SC)nc12. The molecule has 0 bridgehead atoms. The largest absolute Gasteiger partial charge is 0.491 e. The Morgan fingerprint density at radius 3 is 2.55 bits per heavy atom. The van der Waals surface area contributed by atoms with Gasteiger partial charge in [0.1, 0.15) is 16.3 Å². The molecule has 0 aliphatic carbocycles. The van der Waals surface area contributed by atoms with Gasteiger partial charge in [0.05, 0.1) is 25.4 Å². The minimum absolute atomic E-state index is 0.135. The lowest BCUT2D eigenvalue weighted by Crippen LogP contribution is -2.56. The lowest BCUT2D eigenvalue weighted by Gasteiger charge is -2.39. The van der Waals surface area contributed by atoms with Gasteiger partial charge in [0, 0.05) is 6.61 Å². The smallest absolute Gasteiger partial charge is 0.271 e. The van der Waals surface area contributed by atoms with Crippen molar-refractivity contribution in [3.8, 4) is 5.75 Å². The van der Waals surface area contributed by atoms with E-state index in [1.807, 2.05) is 34.0 Å². The van der Waals surface area contributed by atoms with Crippen LogP contribution in [-0.4, -0.2) is 59.9 Å². The molecule has 29 heavy (non-hydrogen) atoms. The Bertz CT molecular complexity index is 818.